The van der Waals surface area contributed by atoms with Crippen LogP contribution in [0.1, 0.15) is 35.2 Å². The van der Waals surface area contributed by atoms with Crippen molar-refractivity contribution in [1.82, 2.24) is 0 Å². The summed E-state index contributed by atoms with van der Waals surface area (Å²) in [4.78, 5) is 0. The monoisotopic (exact) mass is 333 g/mol. The van der Waals surface area contributed by atoms with E-state index in [1.54, 1.807) is 0 Å². The van der Waals surface area contributed by atoms with Crippen molar-refractivity contribution in [1.29, 1.82) is 0 Å². The normalized spacial score (nSPS) is 12.2. The van der Waals surface area contributed by atoms with Crippen LogP contribution in [0.3, 0.4) is 0 Å². The fourth-order valence-electron chi connectivity index (χ4n) is 2.32. The molecule has 0 fully saturated rings. The molecule has 0 aliphatic heterocycles. The lowest BCUT2D eigenvalue weighted by atomic mass is 9.96. The summed E-state index contributed by atoms with van der Waals surface area (Å²) < 4.78 is 6.69. The van der Waals surface area contributed by atoms with Gasteiger partial charge in [-0.25, -0.2) is 0 Å². The fourth-order valence-corrected chi connectivity index (χ4v) is 2.54. The first kappa shape index (κ1) is 15.1. The number of hydrogen-bond donors (Lipinski definition) is 1. The highest BCUT2D eigenvalue weighted by Gasteiger charge is 2.12. The molecule has 2 nitrogen and oxygen atoms in total. The van der Waals surface area contributed by atoms with E-state index < -0.39 is 0 Å². The molecule has 106 valence electrons. The van der Waals surface area contributed by atoms with E-state index in [1.807, 2.05) is 31.2 Å². The van der Waals surface area contributed by atoms with Crippen LogP contribution in [-0.2, 0) is 0 Å². The van der Waals surface area contributed by atoms with Crippen LogP contribution in [-0.4, -0.2) is 6.61 Å². The average molecular weight is 334 g/mol. The van der Waals surface area contributed by atoms with E-state index in [1.165, 1.54) is 11.1 Å². The van der Waals surface area contributed by atoms with E-state index in [0.29, 0.717) is 6.61 Å². The molecule has 2 aromatic carbocycles. The lowest BCUT2D eigenvalue weighted by Gasteiger charge is -2.16. The first-order valence-corrected chi connectivity index (χ1v) is 7.57. The summed E-state index contributed by atoms with van der Waals surface area (Å²) in [6.45, 7) is 6.82. The summed E-state index contributed by atoms with van der Waals surface area (Å²) in [5.74, 6) is 0.867. The molecule has 0 aliphatic rings. The Hall–Kier alpha value is -1.32. The third kappa shape index (κ3) is 3.22. The minimum atomic E-state index is -0.138. The molecular weight excluding hydrogens is 314 g/mol. The molecule has 3 heteroatoms. The molecule has 2 aromatic rings. The maximum atomic E-state index is 6.40. The molecule has 0 radical (unpaired) electrons. The van der Waals surface area contributed by atoms with Crippen LogP contribution in [0.4, 0.5) is 0 Å². The van der Waals surface area contributed by atoms with E-state index in [9.17, 15) is 0 Å². The van der Waals surface area contributed by atoms with Crippen LogP contribution in [0.5, 0.6) is 5.75 Å². The van der Waals surface area contributed by atoms with Gasteiger partial charge in [-0.3, -0.25) is 0 Å². The van der Waals surface area contributed by atoms with Gasteiger partial charge < -0.3 is 10.5 Å². The molecule has 0 spiro atoms. The van der Waals surface area contributed by atoms with Gasteiger partial charge in [-0.2, -0.15) is 0 Å². The van der Waals surface area contributed by atoms with Gasteiger partial charge in [-0.1, -0.05) is 40.2 Å². The Morgan fingerprint density at radius 1 is 1.10 bits per heavy atom. The lowest BCUT2D eigenvalue weighted by Crippen LogP contribution is -2.12. The van der Waals surface area contributed by atoms with Gasteiger partial charge in [0.15, 0.2) is 0 Å². The summed E-state index contributed by atoms with van der Waals surface area (Å²) in [7, 11) is 0. The Morgan fingerprint density at radius 3 is 2.35 bits per heavy atom. The highest BCUT2D eigenvalue weighted by atomic mass is 79.9. The summed E-state index contributed by atoms with van der Waals surface area (Å²) >= 11 is 3.59. The number of hydrogen-bond acceptors (Lipinski definition) is 2. The van der Waals surface area contributed by atoms with Crippen LogP contribution in [0, 0.1) is 13.8 Å². The average Bonchev–Trinajstić information content (AvgIpc) is 2.44. The Bertz CT molecular complexity index is 587. The molecule has 0 saturated carbocycles. The fraction of sp³-hybridized carbons (Fsp3) is 0.294. The smallest absolute Gasteiger partial charge is 0.119 e. The van der Waals surface area contributed by atoms with Gasteiger partial charge in [0.1, 0.15) is 5.75 Å². The Kier molecular flexibility index (Phi) is 4.84. The lowest BCUT2D eigenvalue weighted by molar-refractivity contribution is 0.340. The van der Waals surface area contributed by atoms with Crippen LogP contribution in [0.25, 0.3) is 0 Å². The van der Waals surface area contributed by atoms with Crippen LogP contribution in [0.2, 0.25) is 0 Å². The Morgan fingerprint density at radius 2 is 1.75 bits per heavy atom. The van der Waals surface area contributed by atoms with Crippen LogP contribution >= 0.6 is 15.9 Å². The molecule has 0 amide bonds. The van der Waals surface area contributed by atoms with Crippen molar-refractivity contribution in [3.8, 4) is 5.75 Å². The third-order valence-corrected chi connectivity index (χ3v) is 4.60. The van der Waals surface area contributed by atoms with E-state index in [2.05, 4.69) is 41.9 Å². The number of benzene rings is 2. The second-order valence-electron chi connectivity index (χ2n) is 4.95. The summed E-state index contributed by atoms with van der Waals surface area (Å²) in [6.07, 6.45) is 0. The van der Waals surface area contributed by atoms with Crippen molar-refractivity contribution < 1.29 is 4.74 Å². The van der Waals surface area contributed by atoms with Gasteiger partial charge >= 0.3 is 0 Å². The molecule has 0 aromatic heterocycles. The molecule has 0 heterocycles. The highest BCUT2D eigenvalue weighted by molar-refractivity contribution is 9.10. The summed E-state index contributed by atoms with van der Waals surface area (Å²) in [6, 6.07) is 12.1. The Labute approximate surface area is 129 Å². The zero-order valence-corrected chi connectivity index (χ0v) is 13.7. The number of aryl methyl sites for hydroxylation is 2. The van der Waals surface area contributed by atoms with E-state index in [4.69, 9.17) is 10.5 Å². The van der Waals surface area contributed by atoms with Gasteiger partial charge in [0, 0.05) is 4.47 Å². The zero-order valence-electron chi connectivity index (χ0n) is 12.1. The van der Waals surface area contributed by atoms with Gasteiger partial charge in [0.2, 0.25) is 0 Å². The van der Waals surface area contributed by atoms with E-state index >= 15 is 0 Å². The topological polar surface area (TPSA) is 35.2 Å². The molecule has 0 aliphatic carbocycles. The molecule has 0 bridgehead atoms. The minimum Gasteiger partial charge on any atom is -0.494 e. The van der Waals surface area contributed by atoms with Crippen molar-refractivity contribution in [2.75, 3.05) is 6.61 Å². The Balaban J connectivity index is 2.35. The van der Waals surface area contributed by atoms with Crippen molar-refractivity contribution in [3.05, 3.63) is 63.1 Å². The van der Waals surface area contributed by atoms with Crippen molar-refractivity contribution in [2.45, 2.75) is 26.8 Å². The van der Waals surface area contributed by atoms with E-state index in [-0.39, 0.29) is 6.04 Å². The van der Waals surface area contributed by atoms with Crippen molar-refractivity contribution >= 4 is 15.9 Å². The molecule has 20 heavy (non-hydrogen) atoms. The molecular formula is C17H20BrNO. The van der Waals surface area contributed by atoms with E-state index in [0.717, 1.165) is 21.3 Å². The quantitative estimate of drug-likeness (QED) is 0.893. The number of ether oxygens (including phenoxy) is 1. The maximum absolute atomic E-state index is 6.40. The van der Waals surface area contributed by atoms with Crippen LogP contribution in [0.15, 0.2) is 40.9 Å². The molecule has 2 rings (SSSR count). The van der Waals surface area contributed by atoms with Gasteiger partial charge in [-0.15, -0.1) is 0 Å². The number of halogens is 1. The second kappa shape index (κ2) is 6.42. The molecule has 0 saturated heterocycles. The zero-order chi connectivity index (χ0) is 14.7. The number of nitrogens with two attached hydrogens (primary N) is 1. The highest BCUT2D eigenvalue weighted by Crippen LogP contribution is 2.28. The summed E-state index contributed by atoms with van der Waals surface area (Å²) in [5, 5.41) is 0. The van der Waals surface area contributed by atoms with Gasteiger partial charge in [-0.05, 0) is 55.2 Å². The standard InChI is InChI=1S/C17H20BrNO/c1-4-20-15-7-5-6-13(10-15)17(19)14-8-11(2)16(18)12(3)9-14/h5-10,17H,4,19H2,1-3H3. The van der Waals surface area contributed by atoms with Crippen LogP contribution < -0.4 is 10.5 Å². The van der Waals surface area contributed by atoms with Gasteiger partial charge in [0.25, 0.3) is 0 Å². The largest absolute Gasteiger partial charge is 0.494 e. The molecule has 2 N–H and O–H groups in total. The minimum absolute atomic E-state index is 0.138. The second-order valence-corrected chi connectivity index (χ2v) is 5.74. The number of rotatable bonds is 4. The van der Waals surface area contributed by atoms with Crippen molar-refractivity contribution in [2.24, 2.45) is 5.73 Å². The predicted molar refractivity (Wildman–Crippen MR) is 87.3 cm³/mol. The van der Waals surface area contributed by atoms with Crippen molar-refractivity contribution in [3.63, 3.8) is 0 Å². The predicted octanol–water partition coefficient (Wildman–Crippen LogP) is 4.51. The SMILES string of the molecule is CCOc1cccc(C(N)c2cc(C)c(Br)c(C)c2)c1. The first-order chi connectivity index (χ1) is 9.52. The summed E-state index contributed by atoms with van der Waals surface area (Å²) in [5.41, 5.74) is 11.0. The molecule has 1 unspecified atom stereocenters. The molecule has 1 atom stereocenters. The maximum Gasteiger partial charge on any atom is 0.119 e. The first-order valence-electron chi connectivity index (χ1n) is 6.78. The van der Waals surface area contributed by atoms with Gasteiger partial charge in [0.05, 0.1) is 12.6 Å². The third-order valence-electron chi connectivity index (χ3n) is 3.35.